The van der Waals surface area contributed by atoms with E-state index in [9.17, 15) is 87.2 Å². The predicted molar refractivity (Wildman–Crippen MR) is 331 cm³/mol. The van der Waals surface area contributed by atoms with E-state index in [1.807, 2.05) is 0 Å². The summed E-state index contributed by atoms with van der Waals surface area (Å²) in [6.07, 6.45) is -1.30. The van der Waals surface area contributed by atoms with Gasteiger partial charge in [-0.2, -0.15) is 0 Å². The summed E-state index contributed by atoms with van der Waals surface area (Å²) < 4.78 is 0. The van der Waals surface area contributed by atoms with Crippen LogP contribution in [0.3, 0.4) is 0 Å². The number of carbonyl (C=O) groups is 15. The van der Waals surface area contributed by atoms with Gasteiger partial charge >= 0.3 is 17.9 Å². The SMILES string of the molecule is CC(=O)N[C@@H](CCCCN)C(=O)NC1CSSCC(C(=O)N[C@@H](CC(=O)O)C(N)=O)NC(=O)[C@H](Cc2ccccc2)NC(=O)C(CC(=O)O)NC(=O)C(CC(=O)O)NC(=O)CNC(=O)C(CCCCN)NC(=O)[C@H](CCCCN)NC(=O)C(CCCCN)NC1=O. The Hall–Kier alpha value is -8.19. The summed E-state index contributed by atoms with van der Waals surface area (Å²) in [6, 6.07) is -8.89. The van der Waals surface area contributed by atoms with Crippen LogP contribution in [0.25, 0.3) is 0 Å². The molecule has 0 bridgehead atoms. The van der Waals surface area contributed by atoms with E-state index in [1.54, 1.807) is 18.2 Å². The van der Waals surface area contributed by atoms with Gasteiger partial charge in [-0.25, -0.2) is 0 Å². The van der Waals surface area contributed by atoms with E-state index >= 15 is 0 Å². The van der Waals surface area contributed by atoms with Gasteiger partial charge in [-0.05, 0) is 109 Å². The minimum atomic E-state index is -2.12. The molecule has 0 radical (unpaired) electrons. The van der Waals surface area contributed by atoms with Gasteiger partial charge in [-0.1, -0.05) is 51.9 Å². The van der Waals surface area contributed by atoms with Gasteiger partial charge in [-0.3, -0.25) is 71.9 Å². The van der Waals surface area contributed by atoms with Gasteiger partial charge in [0.15, 0.2) is 0 Å². The largest absolute Gasteiger partial charge is 0.481 e. The Morgan fingerprint density at radius 3 is 1.47 bits per heavy atom. The molecule has 1 aliphatic rings. The molecule has 1 aromatic carbocycles. The van der Waals surface area contributed by atoms with Gasteiger partial charge < -0.3 is 102 Å². The molecule has 12 amide bonds. The summed E-state index contributed by atoms with van der Waals surface area (Å²) in [5, 5.41) is 55.7. The van der Waals surface area contributed by atoms with Gasteiger partial charge in [-0.15, -0.1) is 0 Å². The molecule has 0 aromatic heterocycles. The molecule has 1 fully saturated rings. The van der Waals surface area contributed by atoms with Crippen molar-refractivity contribution < 1.29 is 87.2 Å². The molecular formula is C55H88N16O18S2. The number of hydrogen-bond donors (Lipinski definition) is 19. The van der Waals surface area contributed by atoms with E-state index in [-0.39, 0.29) is 71.1 Å². The van der Waals surface area contributed by atoms with Crippen molar-refractivity contribution in [2.75, 3.05) is 44.2 Å². The van der Waals surface area contributed by atoms with E-state index in [4.69, 9.17) is 28.7 Å². The Morgan fingerprint density at radius 2 is 0.978 bits per heavy atom. The van der Waals surface area contributed by atoms with Crippen LogP contribution >= 0.6 is 21.6 Å². The highest BCUT2D eigenvalue weighted by Crippen LogP contribution is 2.24. The summed E-state index contributed by atoms with van der Waals surface area (Å²) in [5.41, 5.74) is 28.8. The first-order chi connectivity index (χ1) is 43.2. The van der Waals surface area contributed by atoms with E-state index in [2.05, 4.69) is 58.5 Å². The first kappa shape index (κ1) is 78.9. The van der Waals surface area contributed by atoms with Crippen molar-refractivity contribution in [3.8, 4) is 0 Å². The van der Waals surface area contributed by atoms with Crippen LogP contribution in [0.15, 0.2) is 30.3 Å². The Kier molecular flexibility index (Phi) is 37.7. The highest BCUT2D eigenvalue weighted by atomic mass is 33.1. The Balaban J connectivity index is 2.97. The first-order valence-corrected chi connectivity index (χ1v) is 32.0. The van der Waals surface area contributed by atoms with Crippen LogP contribution in [0.4, 0.5) is 0 Å². The topological polar surface area (TPSA) is 579 Å². The number of primary amides is 1. The van der Waals surface area contributed by atoms with Gasteiger partial charge in [0.2, 0.25) is 70.9 Å². The minimum Gasteiger partial charge on any atom is -0.481 e. The number of carbonyl (C=O) groups excluding carboxylic acids is 12. The second-order valence-electron chi connectivity index (χ2n) is 21.2. The van der Waals surface area contributed by atoms with E-state index in [0.29, 0.717) is 37.7 Å². The first-order valence-electron chi connectivity index (χ1n) is 29.5. The third kappa shape index (κ3) is 31.9. The number of hydrogen-bond acceptors (Lipinski definition) is 21. The molecule has 24 N–H and O–H groups in total. The number of carboxylic acids is 3. The van der Waals surface area contributed by atoms with Crippen molar-refractivity contribution in [3.05, 3.63) is 35.9 Å². The molecule has 6 unspecified atom stereocenters. The van der Waals surface area contributed by atoms with Gasteiger partial charge in [0.25, 0.3) is 0 Å². The van der Waals surface area contributed by atoms with Crippen LogP contribution in [0.5, 0.6) is 0 Å². The van der Waals surface area contributed by atoms with E-state index in [1.165, 1.54) is 12.1 Å². The zero-order chi connectivity index (χ0) is 68.0. The maximum absolute atomic E-state index is 14.7. The summed E-state index contributed by atoms with van der Waals surface area (Å²) >= 11 is 0. The third-order valence-electron chi connectivity index (χ3n) is 13.6. The maximum Gasteiger partial charge on any atom is 0.305 e. The molecule has 0 saturated carbocycles. The molecule has 2 rings (SSSR count). The Labute approximate surface area is 533 Å². The van der Waals surface area contributed by atoms with Crippen molar-refractivity contribution in [1.82, 2.24) is 58.5 Å². The number of nitrogens with one attached hydrogen (secondary N) is 11. The monoisotopic (exact) mass is 1320 g/mol. The number of aliphatic carboxylic acids is 3. The third-order valence-corrected chi connectivity index (χ3v) is 16.0. The molecule has 1 saturated heterocycles. The molecule has 91 heavy (non-hydrogen) atoms. The van der Waals surface area contributed by atoms with Crippen molar-refractivity contribution in [3.63, 3.8) is 0 Å². The predicted octanol–water partition coefficient (Wildman–Crippen LogP) is -5.97. The van der Waals surface area contributed by atoms with Crippen LogP contribution in [0, 0.1) is 0 Å². The average Bonchev–Trinajstić information content (AvgIpc) is 1.77. The Morgan fingerprint density at radius 1 is 0.527 bits per heavy atom. The number of nitrogens with two attached hydrogens (primary N) is 5. The quantitative estimate of drug-likeness (QED) is 0.0252. The molecule has 508 valence electrons. The number of unbranched alkanes of at least 4 members (excludes halogenated alkanes) is 4. The molecule has 1 aliphatic heterocycles. The molecule has 36 heteroatoms. The zero-order valence-corrected chi connectivity index (χ0v) is 52.2. The normalized spacial score (nSPS) is 22.1. The fraction of sp³-hybridized carbons (Fsp3) is 0.618. The van der Waals surface area contributed by atoms with Crippen molar-refractivity contribution in [1.29, 1.82) is 0 Å². The van der Waals surface area contributed by atoms with Crippen molar-refractivity contribution >= 4 is 110 Å². The number of amides is 12. The lowest BCUT2D eigenvalue weighted by molar-refractivity contribution is -0.143. The standard InChI is InChI=1S/C55H88N16O18S2/c1-30(72)62-33(16-6-10-20-57)48(82)70-40-28-90-91-29-41(55(89)67-36(46(60)80)24-43(74)75)71-51(85)37(23-31-13-3-2-4-14-31)68-53(87)39(26-45(78)79)69-52(86)38(25-44(76)77)63-42(73)27-61-47(81)32(15-5-9-19-56)64-49(83)34(17-7-11-21-58)65-50(84)35(66-54(40)88)18-8-12-22-59/h2-4,13-14,32-41H,5-12,15-29,56-59H2,1H3,(H2,60,80)(H,61,81)(H,62,72)(H,63,73)(H,64,83)(H,65,84)(H,66,88)(H,67,89)(H,68,87)(H,69,86)(H,70,82)(H,71,85)(H,74,75)(H,76,77)(H,78,79)/t32?,33-,34-,35?,36-,37-,38?,39?,40?,41?/m0/s1. The zero-order valence-electron chi connectivity index (χ0n) is 50.6. The van der Waals surface area contributed by atoms with Crippen LogP contribution in [-0.4, -0.2) is 209 Å². The average molecular weight is 1330 g/mol. The highest BCUT2D eigenvalue weighted by Gasteiger charge is 2.37. The molecular weight excluding hydrogens is 1240 g/mol. The van der Waals surface area contributed by atoms with Crippen LogP contribution in [0.2, 0.25) is 0 Å². The van der Waals surface area contributed by atoms with Crippen LogP contribution < -0.4 is 87.2 Å². The van der Waals surface area contributed by atoms with E-state index in [0.717, 1.165) is 28.5 Å². The number of benzene rings is 1. The molecule has 34 nitrogen and oxygen atoms in total. The fourth-order valence-electron chi connectivity index (χ4n) is 8.83. The minimum absolute atomic E-state index is 0.0586. The summed E-state index contributed by atoms with van der Waals surface area (Å²) in [5.74, 6) is -18.7. The second kappa shape index (κ2) is 43.5. The van der Waals surface area contributed by atoms with Gasteiger partial charge in [0, 0.05) is 24.9 Å². The molecule has 1 aromatic rings. The number of carboxylic acid groups (broad SMARTS) is 3. The van der Waals surface area contributed by atoms with E-state index < -0.39 is 193 Å². The molecule has 0 spiro atoms. The van der Waals surface area contributed by atoms with Crippen molar-refractivity contribution in [2.24, 2.45) is 28.7 Å². The highest BCUT2D eigenvalue weighted by molar-refractivity contribution is 8.76. The van der Waals surface area contributed by atoms with Crippen molar-refractivity contribution in [2.45, 2.75) is 170 Å². The lowest BCUT2D eigenvalue weighted by Gasteiger charge is -2.27. The van der Waals surface area contributed by atoms with Crippen LogP contribution in [-0.2, 0) is 78.3 Å². The maximum atomic E-state index is 14.7. The molecule has 1 heterocycles. The lowest BCUT2D eigenvalue weighted by atomic mass is 10.0. The van der Waals surface area contributed by atoms with Gasteiger partial charge in [0.1, 0.15) is 60.4 Å². The van der Waals surface area contributed by atoms with Gasteiger partial charge in [0.05, 0.1) is 25.8 Å². The molecule has 0 aliphatic carbocycles. The molecule has 10 atom stereocenters. The Bertz CT molecular complexity index is 2650. The summed E-state index contributed by atoms with van der Waals surface area (Å²) in [6.45, 7) is 0.978. The summed E-state index contributed by atoms with van der Waals surface area (Å²) in [7, 11) is 1.58. The summed E-state index contributed by atoms with van der Waals surface area (Å²) in [4.78, 5) is 202. The van der Waals surface area contributed by atoms with Crippen LogP contribution in [0.1, 0.15) is 109 Å². The smallest absolute Gasteiger partial charge is 0.305 e. The lowest BCUT2D eigenvalue weighted by Crippen LogP contribution is -2.60. The second-order valence-corrected chi connectivity index (χ2v) is 23.7. The fourth-order valence-corrected chi connectivity index (χ4v) is 11.2. The number of rotatable bonds is 30.